The lowest BCUT2D eigenvalue weighted by molar-refractivity contribution is -0.138. The molecule has 0 bridgehead atoms. The molecule has 3 atom stereocenters. The van der Waals surface area contributed by atoms with Gasteiger partial charge in [-0.05, 0) is 54.4 Å². The van der Waals surface area contributed by atoms with Gasteiger partial charge in [0.15, 0.2) is 0 Å². The maximum atomic E-state index is 15.0. The Morgan fingerprint density at radius 3 is 2.33 bits per heavy atom. The van der Waals surface area contributed by atoms with Gasteiger partial charge in [-0.15, -0.1) is 0 Å². The summed E-state index contributed by atoms with van der Waals surface area (Å²) in [6, 6.07) is 17.7. The third-order valence-corrected chi connectivity index (χ3v) is 9.33. The Labute approximate surface area is 269 Å². The van der Waals surface area contributed by atoms with Gasteiger partial charge < -0.3 is 20.4 Å². The van der Waals surface area contributed by atoms with E-state index in [0.717, 1.165) is 30.3 Å². The molecular weight excluding hydrogens is 596 g/mol. The predicted molar refractivity (Wildman–Crippen MR) is 173 cm³/mol. The van der Waals surface area contributed by atoms with Crippen molar-refractivity contribution in [3.05, 3.63) is 106 Å². The summed E-state index contributed by atoms with van der Waals surface area (Å²) in [7, 11) is 0. The number of carbonyl (C=O) groups excluding carboxylic acids is 2. The normalized spacial score (nSPS) is 18.4. The third-order valence-electron chi connectivity index (χ3n) is 9.08. The topological polar surface area (TPSA) is 67.9 Å². The smallest absolute Gasteiger partial charge is 0.245 e. The van der Waals surface area contributed by atoms with Crippen molar-refractivity contribution in [2.75, 3.05) is 45.8 Å². The van der Waals surface area contributed by atoms with E-state index in [0.29, 0.717) is 62.7 Å². The summed E-state index contributed by atoms with van der Waals surface area (Å²) in [5.41, 5.74) is 3.65. The molecule has 3 aromatic rings. The molecule has 0 radical (unpaired) electrons. The summed E-state index contributed by atoms with van der Waals surface area (Å²) < 4.78 is 28.8. The van der Waals surface area contributed by atoms with E-state index in [9.17, 15) is 14.0 Å². The predicted octanol–water partition coefficient (Wildman–Crippen LogP) is 4.59. The summed E-state index contributed by atoms with van der Waals surface area (Å²) in [6.07, 6.45) is 0.882. The van der Waals surface area contributed by atoms with Crippen molar-refractivity contribution in [1.29, 1.82) is 0 Å². The summed E-state index contributed by atoms with van der Waals surface area (Å²) >= 11 is 6.11. The van der Waals surface area contributed by atoms with Crippen molar-refractivity contribution < 1.29 is 18.4 Å². The number of hydrogen-bond donors (Lipinski definition) is 2. The maximum absolute atomic E-state index is 15.0. The van der Waals surface area contributed by atoms with Gasteiger partial charge in [0.05, 0.1) is 12.1 Å². The van der Waals surface area contributed by atoms with Gasteiger partial charge in [-0.2, -0.15) is 0 Å². The molecule has 2 amide bonds. The fraction of sp³-hybridized carbons (Fsp3) is 0.429. The van der Waals surface area contributed by atoms with Crippen LogP contribution < -0.4 is 10.6 Å². The summed E-state index contributed by atoms with van der Waals surface area (Å²) in [5, 5.41) is 6.98. The highest BCUT2D eigenvalue weighted by molar-refractivity contribution is 6.30. The van der Waals surface area contributed by atoms with E-state index in [2.05, 4.69) is 40.3 Å². The van der Waals surface area contributed by atoms with E-state index in [-0.39, 0.29) is 17.9 Å². The lowest BCUT2D eigenvalue weighted by Gasteiger charge is -2.42. The standard InChI is InChI=1S/C35H42ClF2N5O2/c1-3-41(4-2)23-33(29-14-13-28(37)21-30(29)38)42-15-17-43(18-16-42)35(45)32(19-24-9-11-27(36)12-10-24)40-34(44)31-20-25-7-5-6-8-26(25)22-39-31/h5-14,21,31-33,39H,3-4,15-20,22-23H2,1-2H3,(H,40,44). The number of likely N-dealkylation sites (N-methyl/N-ethyl adjacent to an activating group) is 1. The molecule has 5 rings (SSSR count). The van der Waals surface area contributed by atoms with Gasteiger partial charge in [0, 0.05) is 62.3 Å². The van der Waals surface area contributed by atoms with Crippen LogP contribution in [0.15, 0.2) is 66.7 Å². The first-order valence-electron chi connectivity index (χ1n) is 15.8. The summed E-state index contributed by atoms with van der Waals surface area (Å²) in [5.74, 6) is -1.52. The van der Waals surface area contributed by atoms with Crippen LogP contribution in [0.25, 0.3) is 0 Å². The maximum Gasteiger partial charge on any atom is 0.245 e. The molecule has 1 fully saturated rings. The second-order valence-corrected chi connectivity index (χ2v) is 12.3. The largest absolute Gasteiger partial charge is 0.343 e. The first kappa shape index (κ1) is 33.0. The molecule has 2 aliphatic heterocycles. The molecule has 3 unspecified atom stereocenters. The molecule has 7 nitrogen and oxygen atoms in total. The fourth-order valence-electron chi connectivity index (χ4n) is 6.35. The minimum atomic E-state index is -0.759. The van der Waals surface area contributed by atoms with Crippen LogP contribution >= 0.6 is 11.6 Å². The SMILES string of the molecule is CCN(CC)CC(c1ccc(F)cc1F)N1CCN(C(=O)C(Cc2ccc(Cl)cc2)NC(=O)C2Cc3ccccc3CN2)CC1. The fourth-order valence-corrected chi connectivity index (χ4v) is 6.48. The van der Waals surface area contributed by atoms with Crippen LogP contribution in [0.3, 0.4) is 0 Å². The Balaban J connectivity index is 1.29. The van der Waals surface area contributed by atoms with Gasteiger partial charge >= 0.3 is 0 Å². The molecule has 2 heterocycles. The molecule has 0 spiro atoms. The zero-order valence-corrected chi connectivity index (χ0v) is 26.7. The highest BCUT2D eigenvalue weighted by Gasteiger charge is 2.34. The van der Waals surface area contributed by atoms with E-state index < -0.39 is 23.7 Å². The Morgan fingerprint density at radius 1 is 0.978 bits per heavy atom. The van der Waals surface area contributed by atoms with Gasteiger partial charge in [0.25, 0.3) is 0 Å². The quantitative estimate of drug-likeness (QED) is 0.322. The number of fused-ring (bicyclic) bond motifs is 1. The Kier molecular flexibility index (Phi) is 11.2. The number of hydrogen-bond acceptors (Lipinski definition) is 5. The van der Waals surface area contributed by atoms with Crippen molar-refractivity contribution in [3.8, 4) is 0 Å². The lowest BCUT2D eigenvalue weighted by atomic mass is 9.95. The lowest BCUT2D eigenvalue weighted by Crippen LogP contribution is -2.58. The zero-order chi connectivity index (χ0) is 31.9. The van der Waals surface area contributed by atoms with Gasteiger partial charge in [-0.1, -0.05) is 67.9 Å². The second kappa shape index (κ2) is 15.3. The van der Waals surface area contributed by atoms with E-state index in [1.807, 2.05) is 30.3 Å². The van der Waals surface area contributed by atoms with E-state index in [1.54, 1.807) is 17.0 Å². The van der Waals surface area contributed by atoms with Crippen LogP contribution in [-0.2, 0) is 29.0 Å². The minimum Gasteiger partial charge on any atom is -0.343 e. The van der Waals surface area contributed by atoms with Gasteiger partial charge in [0.1, 0.15) is 17.7 Å². The van der Waals surface area contributed by atoms with Gasteiger partial charge in [0.2, 0.25) is 11.8 Å². The van der Waals surface area contributed by atoms with Crippen LogP contribution in [0.2, 0.25) is 5.02 Å². The van der Waals surface area contributed by atoms with E-state index in [4.69, 9.17) is 11.6 Å². The molecule has 0 aromatic heterocycles. The van der Waals surface area contributed by atoms with Crippen molar-refractivity contribution in [3.63, 3.8) is 0 Å². The number of amides is 2. The Morgan fingerprint density at radius 2 is 1.67 bits per heavy atom. The zero-order valence-electron chi connectivity index (χ0n) is 25.9. The van der Waals surface area contributed by atoms with Crippen LogP contribution in [-0.4, -0.2) is 84.4 Å². The Hall–Kier alpha value is -3.37. The monoisotopic (exact) mass is 637 g/mol. The summed E-state index contributed by atoms with van der Waals surface area (Å²) in [4.78, 5) is 33.7. The number of carbonyl (C=O) groups is 2. The average molecular weight is 638 g/mol. The van der Waals surface area contributed by atoms with Crippen LogP contribution in [0, 0.1) is 11.6 Å². The third kappa shape index (κ3) is 8.27. The molecule has 3 aromatic carbocycles. The van der Waals surface area contributed by atoms with Gasteiger partial charge in [-0.3, -0.25) is 14.5 Å². The number of nitrogens with one attached hydrogen (secondary N) is 2. The summed E-state index contributed by atoms with van der Waals surface area (Å²) in [6.45, 7) is 8.84. The van der Waals surface area contributed by atoms with Gasteiger partial charge in [-0.25, -0.2) is 8.78 Å². The van der Waals surface area contributed by atoms with E-state index >= 15 is 4.39 Å². The first-order chi connectivity index (χ1) is 21.7. The molecule has 1 saturated heterocycles. The van der Waals surface area contributed by atoms with Crippen LogP contribution in [0.4, 0.5) is 8.78 Å². The molecule has 240 valence electrons. The number of piperazine rings is 1. The number of nitrogens with zero attached hydrogens (tertiary/aromatic N) is 3. The number of halogens is 3. The number of benzene rings is 3. The second-order valence-electron chi connectivity index (χ2n) is 11.8. The molecule has 2 aliphatic rings. The average Bonchev–Trinajstić information content (AvgIpc) is 3.06. The van der Waals surface area contributed by atoms with Crippen LogP contribution in [0.1, 0.15) is 42.1 Å². The highest BCUT2D eigenvalue weighted by Crippen LogP contribution is 2.27. The number of rotatable bonds is 11. The minimum absolute atomic E-state index is 0.151. The molecule has 2 N–H and O–H groups in total. The first-order valence-corrected chi connectivity index (χ1v) is 16.2. The van der Waals surface area contributed by atoms with Crippen molar-refractivity contribution >= 4 is 23.4 Å². The molecule has 45 heavy (non-hydrogen) atoms. The van der Waals surface area contributed by atoms with E-state index in [1.165, 1.54) is 17.7 Å². The van der Waals surface area contributed by atoms with Crippen molar-refractivity contribution in [1.82, 2.24) is 25.3 Å². The molecule has 0 aliphatic carbocycles. The molecular formula is C35H42ClF2N5O2. The highest BCUT2D eigenvalue weighted by atomic mass is 35.5. The molecule has 10 heteroatoms. The van der Waals surface area contributed by atoms with Crippen molar-refractivity contribution in [2.45, 2.75) is 51.4 Å². The van der Waals surface area contributed by atoms with Crippen LogP contribution in [0.5, 0.6) is 0 Å². The Bertz CT molecular complexity index is 1460. The molecule has 0 saturated carbocycles. The van der Waals surface area contributed by atoms with Crippen molar-refractivity contribution in [2.24, 2.45) is 0 Å².